The molecule has 0 aromatic heterocycles. The Morgan fingerprint density at radius 1 is 1.14 bits per heavy atom. The summed E-state index contributed by atoms with van der Waals surface area (Å²) < 4.78 is 21.0. The summed E-state index contributed by atoms with van der Waals surface area (Å²) in [7, 11) is 0. The zero-order chi connectivity index (χ0) is 20.6. The molecule has 0 aromatic rings. The molecule has 1 aliphatic heterocycles. The second-order valence-electron chi connectivity index (χ2n) is 7.52. The number of amides is 1. The number of nitrogens with one attached hydrogen (secondary N) is 1. The molecular formula is C19H31NO8. The van der Waals surface area contributed by atoms with Gasteiger partial charge in [-0.2, -0.15) is 0 Å². The van der Waals surface area contributed by atoms with Crippen LogP contribution in [0.2, 0.25) is 0 Å². The summed E-state index contributed by atoms with van der Waals surface area (Å²) >= 11 is 0. The third-order valence-corrected chi connectivity index (χ3v) is 5.32. The van der Waals surface area contributed by atoms with Crippen molar-refractivity contribution in [2.45, 2.75) is 71.4 Å². The van der Waals surface area contributed by atoms with Crippen LogP contribution in [0.3, 0.4) is 0 Å². The summed E-state index contributed by atoms with van der Waals surface area (Å²) in [6, 6.07) is 0. The Kier molecular flexibility index (Phi) is 8.50. The molecule has 9 nitrogen and oxygen atoms in total. The molecule has 1 saturated carbocycles. The summed E-state index contributed by atoms with van der Waals surface area (Å²) in [5, 5.41) is 11.8. The Morgan fingerprint density at radius 3 is 2.36 bits per heavy atom. The molecule has 1 amide bonds. The molecular weight excluding hydrogens is 370 g/mol. The Balaban J connectivity index is 1.79. The molecule has 28 heavy (non-hydrogen) atoms. The lowest BCUT2D eigenvalue weighted by Crippen LogP contribution is -2.42. The number of esters is 1. The number of carbonyl (C=O) groups excluding carboxylic acids is 2. The van der Waals surface area contributed by atoms with Crippen molar-refractivity contribution in [2.75, 3.05) is 19.8 Å². The normalized spacial score (nSPS) is 21.5. The molecule has 2 N–H and O–H groups in total. The number of hydrogen-bond donors (Lipinski definition) is 2. The average molecular weight is 401 g/mol. The average Bonchev–Trinajstić information content (AvgIpc) is 3.15. The van der Waals surface area contributed by atoms with Gasteiger partial charge in [-0.05, 0) is 24.7 Å². The van der Waals surface area contributed by atoms with Crippen LogP contribution in [0.4, 0.5) is 4.79 Å². The Bertz CT molecular complexity index is 540. The fourth-order valence-corrected chi connectivity index (χ4v) is 3.84. The van der Waals surface area contributed by atoms with Crippen LogP contribution in [0.1, 0.15) is 58.8 Å². The lowest BCUT2D eigenvalue weighted by atomic mass is 9.72. The first-order valence-corrected chi connectivity index (χ1v) is 9.95. The molecule has 1 aliphatic carbocycles. The van der Waals surface area contributed by atoms with Gasteiger partial charge in [0.1, 0.15) is 5.92 Å². The van der Waals surface area contributed by atoms with Crippen molar-refractivity contribution < 1.29 is 38.4 Å². The fourth-order valence-electron chi connectivity index (χ4n) is 3.84. The van der Waals surface area contributed by atoms with E-state index in [9.17, 15) is 19.5 Å². The Hall–Kier alpha value is -1.87. The molecule has 2 atom stereocenters. The predicted octanol–water partition coefficient (Wildman–Crippen LogP) is 2.43. The standard InChI is InChI=1S/C19H31NO8/c1-3-14(17-25-9-10-26-17)16(23)27-13(2)28-18(24)20-12-19(11-15(21)22)7-5-4-6-8-19/h13-14,17H,3-12H2,1-2H3,(H,20,24)(H,21,22). The van der Waals surface area contributed by atoms with Gasteiger partial charge in [-0.1, -0.05) is 26.2 Å². The van der Waals surface area contributed by atoms with Crippen molar-refractivity contribution in [3.8, 4) is 0 Å². The molecule has 0 aromatic carbocycles. The van der Waals surface area contributed by atoms with Crippen LogP contribution < -0.4 is 5.32 Å². The first kappa shape index (κ1) is 22.4. The third-order valence-electron chi connectivity index (χ3n) is 5.32. The maximum atomic E-state index is 12.3. The molecule has 1 saturated heterocycles. The number of alkyl carbamates (subject to hydrolysis) is 1. The van der Waals surface area contributed by atoms with E-state index in [1.807, 2.05) is 6.92 Å². The summed E-state index contributed by atoms with van der Waals surface area (Å²) in [5.41, 5.74) is -0.451. The maximum absolute atomic E-state index is 12.3. The van der Waals surface area contributed by atoms with Gasteiger partial charge in [0.15, 0.2) is 6.29 Å². The summed E-state index contributed by atoms with van der Waals surface area (Å²) in [4.78, 5) is 35.5. The molecule has 0 spiro atoms. The van der Waals surface area contributed by atoms with Crippen molar-refractivity contribution in [1.82, 2.24) is 5.32 Å². The number of carbonyl (C=O) groups is 3. The van der Waals surface area contributed by atoms with Gasteiger partial charge in [0.25, 0.3) is 0 Å². The third kappa shape index (κ3) is 6.63. The summed E-state index contributed by atoms with van der Waals surface area (Å²) in [5.74, 6) is -2.01. The monoisotopic (exact) mass is 401 g/mol. The van der Waals surface area contributed by atoms with Crippen LogP contribution in [-0.4, -0.2) is 55.5 Å². The van der Waals surface area contributed by atoms with E-state index in [1.165, 1.54) is 6.92 Å². The number of aliphatic carboxylic acids is 1. The highest BCUT2D eigenvalue weighted by molar-refractivity contribution is 5.73. The van der Waals surface area contributed by atoms with Crippen molar-refractivity contribution in [3.05, 3.63) is 0 Å². The number of rotatable bonds is 9. The minimum atomic E-state index is -1.08. The van der Waals surface area contributed by atoms with Crippen molar-refractivity contribution >= 4 is 18.0 Å². The van der Waals surface area contributed by atoms with E-state index in [2.05, 4.69) is 5.32 Å². The van der Waals surface area contributed by atoms with E-state index >= 15 is 0 Å². The molecule has 1 heterocycles. The van der Waals surface area contributed by atoms with Gasteiger partial charge in [0.2, 0.25) is 6.29 Å². The van der Waals surface area contributed by atoms with Crippen molar-refractivity contribution in [2.24, 2.45) is 11.3 Å². The van der Waals surface area contributed by atoms with Crippen LogP contribution >= 0.6 is 0 Å². The van der Waals surface area contributed by atoms with E-state index in [4.69, 9.17) is 18.9 Å². The highest BCUT2D eigenvalue weighted by atomic mass is 16.7. The van der Waals surface area contributed by atoms with Crippen LogP contribution in [0.15, 0.2) is 0 Å². The van der Waals surface area contributed by atoms with E-state index in [0.717, 1.165) is 32.1 Å². The minimum Gasteiger partial charge on any atom is -0.481 e. The van der Waals surface area contributed by atoms with Gasteiger partial charge < -0.3 is 29.4 Å². The van der Waals surface area contributed by atoms with Gasteiger partial charge in [0, 0.05) is 13.5 Å². The fraction of sp³-hybridized carbons (Fsp3) is 0.842. The van der Waals surface area contributed by atoms with Gasteiger partial charge in [-0.3, -0.25) is 9.59 Å². The van der Waals surface area contributed by atoms with Crippen LogP contribution in [0.25, 0.3) is 0 Å². The Morgan fingerprint density at radius 2 is 1.79 bits per heavy atom. The lowest BCUT2D eigenvalue weighted by molar-refractivity contribution is -0.183. The molecule has 9 heteroatoms. The number of carboxylic acid groups (broad SMARTS) is 1. The molecule has 0 bridgehead atoms. The predicted molar refractivity (Wildman–Crippen MR) is 97.3 cm³/mol. The van der Waals surface area contributed by atoms with E-state index < -0.39 is 41.9 Å². The van der Waals surface area contributed by atoms with Gasteiger partial charge in [-0.25, -0.2) is 4.79 Å². The van der Waals surface area contributed by atoms with Crippen molar-refractivity contribution in [3.63, 3.8) is 0 Å². The molecule has 2 fully saturated rings. The SMILES string of the molecule is CCC(C(=O)OC(C)OC(=O)NCC1(CC(=O)O)CCCCC1)C1OCCO1. The Labute approximate surface area is 165 Å². The maximum Gasteiger partial charge on any atom is 0.410 e. The zero-order valence-corrected chi connectivity index (χ0v) is 16.6. The zero-order valence-electron chi connectivity index (χ0n) is 16.6. The largest absolute Gasteiger partial charge is 0.481 e. The van der Waals surface area contributed by atoms with Crippen LogP contribution in [0, 0.1) is 11.3 Å². The second kappa shape index (κ2) is 10.6. The number of ether oxygens (including phenoxy) is 4. The highest BCUT2D eigenvalue weighted by Crippen LogP contribution is 2.38. The van der Waals surface area contributed by atoms with Crippen molar-refractivity contribution in [1.29, 1.82) is 0 Å². The van der Waals surface area contributed by atoms with Gasteiger partial charge >= 0.3 is 18.0 Å². The van der Waals surface area contributed by atoms with E-state index in [1.54, 1.807) is 0 Å². The summed E-state index contributed by atoms with van der Waals surface area (Å²) in [6.45, 7) is 4.36. The first-order valence-electron chi connectivity index (χ1n) is 9.95. The quantitative estimate of drug-likeness (QED) is 0.446. The number of hydrogen-bond acceptors (Lipinski definition) is 7. The molecule has 0 radical (unpaired) electrons. The smallest absolute Gasteiger partial charge is 0.410 e. The van der Waals surface area contributed by atoms with Gasteiger partial charge in [-0.15, -0.1) is 0 Å². The molecule has 2 aliphatic rings. The minimum absolute atomic E-state index is 0.0113. The first-order chi connectivity index (χ1) is 13.3. The number of carboxylic acids is 1. The topological polar surface area (TPSA) is 120 Å². The van der Waals surface area contributed by atoms with Gasteiger partial charge in [0.05, 0.1) is 19.6 Å². The molecule has 2 unspecified atom stereocenters. The summed E-state index contributed by atoms with van der Waals surface area (Å²) in [6.07, 6.45) is 2.50. The van der Waals surface area contributed by atoms with Crippen LogP contribution in [-0.2, 0) is 28.5 Å². The van der Waals surface area contributed by atoms with E-state index in [-0.39, 0.29) is 13.0 Å². The highest BCUT2D eigenvalue weighted by Gasteiger charge is 2.36. The second-order valence-corrected chi connectivity index (χ2v) is 7.52. The van der Waals surface area contributed by atoms with Crippen LogP contribution in [0.5, 0.6) is 0 Å². The lowest BCUT2D eigenvalue weighted by Gasteiger charge is -2.36. The molecule has 160 valence electrons. The molecule has 2 rings (SSSR count). The van der Waals surface area contributed by atoms with E-state index in [0.29, 0.717) is 19.6 Å².